The molecule has 1 heterocycles. The smallest absolute Gasteiger partial charge is 0.236 e. The number of nitrogens with zero attached hydrogens (tertiary/aromatic N) is 2. The molecule has 1 aliphatic rings. The number of carbonyl (C=O) groups excluding carboxylic acids is 1. The van der Waals surface area contributed by atoms with Crippen LogP contribution in [0.15, 0.2) is 24.3 Å². The van der Waals surface area contributed by atoms with Crippen molar-refractivity contribution >= 4 is 23.2 Å². The van der Waals surface area contributed by atoms with Crippen molar-refractivity contribution in [3.8, 4) is 0 Å². The van der Waals surface area contributed by atoms with Crippen molar-refractivity contribution in [1.29, 1.82) is 0 Å². The van der Waals surface area contributed by atoms with E-state index in [2.05, 4.69) is 21.2 Å². The largest absolute Gasteiger partial charge is 0.369 e. The Bertz CT molecular complexity index is 503. The number of piperazine rings is 1. The highest BCUT2D eigenvalue weighted by Gasteiger charge is 2.17. The summed E-state index contributed by atoms with van der Waals surface area (Å²) in [5, 5.41) is 3.68. The number of hydrogen-bond acceptors (Lipinski definition) is 4. The van der Waals surface area contributed by atoms with Crippen molar-refractivity contribution in [3.05, 3.63) is 29.3 Å². The number of benzene rings is 1. The molecule has 3 N–H and O–H groups in total. The molecule has 0 bridgehead atoms. The van der Waals surface area contributed by atoms with Gasteiger partial charge >= 0.3 is 0 Å². The van der Waals surface area contributed by atoms with Gasteiger partial charge in [-0.15, -0.1) is 0 Å². The number of hydrogen-bond donors (Lipinski definition) is 2. The van der Waals surface area contributed by atoms with Crippen molar-refractivity contribution in [3.63, 3.8) is 0 Å². The molecule has 2 rings (SSSR count). The van der Waals surface area contributed by atoms with Gasteiger partial charge in [-0.2, -0.15) is 0 Å². The Morgan fingerprint density at radius 3 is 2.74 bits per heavy atom. The Hall–Kier alpha value is -1.30. The van der Waals surface area contributed by atoms with E-state index < -0.39 is 0 Å². The van der Waals surface area contributed by atoms with E-state index in [1.54, 1.807) is 0 Å². The third kappa shape index (κ3) is 5.68. The van der Waals surface area contributed by atoms with Crippen LogP contribution in [0.5, 0.6) is 0 Å². The second-order valence-corrected chi connectivity index (χ2v) is 6.40. The summed E-state index contributed by atoms with van der Waals surface area (Å²) in [6, 6.07) is 7.64. The molecule has 1 aliphatic heterocycles. The van der Waals surface area contributed by atoms with Crippen LogP contribution >= 0.6 is 11.6 Å². The zero-order valence-electron chi connectivity index (χ0n) is 13.8. The van der Waals surface area contributed by atoms with Crippen LogP contribution in [0.1, 0.15) is 19.8 Å². The first kappa shape index (κ1) is 18.0. The van der Waals surface area contributed by atoms with Crippen LogP contribution in [0, 0.1) is 0 Å². The summed E-state index contributed by atoms with van der Waals surface area (Å²) in [5.41, 5.74) is 6.88. The molecule has 0 saturated carbocycles. The van der Waals surface area contributed by atoms with Crippen LogP contribution in [-0.4, -0.2) is 56.1 Å². The molecule has 0 radical (unpaired) electrons. The molecule has 1 aromatic rings. The Morgan fingerprint density at radius 2 is 2.09 bits per heavy atom. The van der Waals surface area contributed by atoms with E-state index in [-0.39, 0.29) is 11.9 Å². The molecule has 0 unspecified atom stereocenters. The molecule has 1 fully saturated rings. The van der Waals surface area contributed by atoms with E-state index in [9.17, 15) is 4.79 Å². The van der Waals surface area contributed by atoms with Crippen molar-refractivity contribution < 1.29 is 4.79 Å². The summed E-state index contributed by atoms with van der Waals surface area (Å²) in [5.74, 6) is -0.0433. The minimum absolute atomic E-state index is 0.0433. The van der Waals surface area contributed by atoms with Gasteiger partial charge in [0.05, 0.1) is 6.04 Å². The third-order valence-electron chi connectivity index (χ3n) is 4.27. The fourth-order valence-electron chi connectivity index (χ4n) is 2.73. The predicted molar refractivity (Wildman–Crippen MR) is 96.0 cm³/mol. The molecule has 1 saturated heterocycles. The van der Waals surface area contributed by atoms with E-state index in [4.69, 9.17) is 17.3 Å². The highest BCUT2D eigenvalue weighted by Crippen LogP contribution is 2.20. The van der Waals surface area contributed by atoms with Crippen molar-refractivity contribution in [2.24, 2.45) is 5.73 Å². The predicted octanol–water partition coefficient (Wildman–Crippen LogP) is 1.71. The molecule has 6 heteroatoms. The Balaban J connectivity index is 1.64. The van der Waals surface area contributed by atoms with E-state index in [0.29, 0.717) is 13.0 Å². The summed E-state index contributed by atoms with van der Waals surface area (Å²) < 4.78 is 0. The van der Waals surface area contributed by atoms with Crippen LogP contribution < -0.4 is 16.0 Å². The molecule has 128 valence electrons. The molecule has 0 aliphatic carbocycles. The number of nitrogens with two attached hydrogens (primary N) is 1. The number of anilines is 1. The van der Waals surface area contributed by atoms with Gasteiger partial charge in [-0.3, -0.25) is 9.69 Å². The summed E-state index contributed by atoms with van der Waals surface area (Å²) in [7, 11) is 0. The first-order valence-electron chi connectivity index (χ1n) is 8.36. The second kappa shape index (κ2) is 9.11. The van der Waals surface area contributed by atoms with Crippen LogP contribution in [0.2, 0.25) is 5.02 Å². The minimum atomic E-state index is -0.378. The van der Waals surface area contributed by atoms with Gasteiger partial charge in [-0.25, -0.2) is 0 Å². The lowest BCUT2D eigenvalue weighted by Gasteiger charge is -2.36. The van der Waals surface area contributed by atoms with Gasteiger partial charge in [0.25, 0.3) is 0 Å². The van der Waals surface area contributed by atoms with Gasteiger partial charge in [0.1, 0.15) is 0 Å². The normalized spacial score (nSPS) is 17.1. The maximum atomic E-state index is 11.6. The number of rotatable bonds is 7. The zero-order chi connectivity index (χ0) is 16.7. The fourth-order valence-corrected chi connectivity index (χ4v) is 2.92. The standard InChI is InChI=1S/C17H27ClN4O/c1-2-16(19)17(23)20-7-4-8-21-9-11-22(12-10-21)15-6-3-5-14(18)13-15/h3,5-6,13,16H,2,4,7-12,19H2,1H3,(H,20,23)/t16-/m0/s1. The molecule has 1 atom stereocenters. The minimum Gasteiger partial charge on any atom is -0.369 e. The summed E-state index contributed by atoms with van der Waals surface area (Å²) in [6.45, 7) is 7.71. The van der Waals surface area contributed by atoms with Crippen molar-refractivity contribution in [2.75, 3.05) is 44.2 Å². The quantitative estimate of drug-likeness (QED) is 0.743. The van der Waals surface area contributed by atoms with Gasteiger partial charge in [0, 0.05) is 43.4 Å². The van der Waals surface area contributed by atoms with E-state index in [1.807, 2.05) is 25.1 Å². The lowest BCUT2D eigenvalue weighted by atomic mass is 10.2. The van der Waals surface area contributed by atoms with Gasteiger partial charge in [-0.05, 0) is 37.6 Å². The maximum Gasteiger partial charge on any atom is 0.236 e. The van der Waals surface area contributed by atoms with Gasteiger partial charge < -0.3 is 16.0 Å². The topological polar surface area (TPSA) is 61.6 Å². The Labute approximate surface area is 143 Å². The molecule has 0 aromatic heterocycles. The number of halogens is 1. The van der Waals surface area contributed by atoms with E-state index in [1.165, 1.54) is 5.69 Å². The number of carbonyl (C=O) groups is 1. The van der Waals surface area contributed by atoms with Crippen LogP contribution in [0.3, 0.4) is 0 Å². The van der Waals surface area contributed by atoms with Crippen LogP contribution in [0.25, 0.3) is 0 Å². The van der Waals surface area contributed by atoms with Crippen molar-refractivity contribution in [1.82, 2.24) is 10.2 Å². The average molecular weight is 339 g/mol. The summed E-state index contributed by atoms with van der Waals surface area (Å²) in [4.78, 5) is 16.4. The fraction of sp³-hybridized carbons (Fsp3) is 0.588. The lowest BCUT2D eigenvalue weighted by Crippen LogP contribution is -2.47. The number of amides is 1. The van der Waals surface area contributed by atoms with Gasteiger partial charge in [-0.1, -0.05) is 24.6 Å². The van der Waals surface area contributed by atoms with Crippen LogP contribution in [0.4, 0.5) is 5.69 Å². The van der Waals surface area contributed by atoms with Crippen molar-refractivity contribution in [2.45, 2.75) is 25.8 Å². The summed E-state index contributed by atoms with van der Waals surface area (Å²) >= 11 is 6.05. The van der Waals surface area contributed by atoms with E-state index in [0.717, 1.165) is 44.2 Å². The second-order valence-electron chi connectivity index (χ2n) is 5.97. The zero-order valence-corrected chi connectivity index (χ0v) is 14.6. The maximum absolute atomic E-state index is 11.6. The van der Waals surface area contributed by atoms with Gasteiger partial charge in [0.15, 0.2) is 0 Å². The molecule has 1 aromatic carbocycles. The first-order chi connectivity index (χ1) is 11.1. The average Bonchev–Trinajstić information content (AvgIpc) is 2.58. The SMILES string of the molecule is CC[C@H](N)C(=O)NCCCN1CCN(c2cccc(Cl)c2)CC1. The molecule has 0 spiro atoms. The first-order valence-corrected chi connectivity index (χ1v) is 8.74. The Morgan fingerprint density at radius 1 is 1.35 bits per heavy atom. The molecular weight excluding hydrogens is 312 g/mol. The summed E-state index contributed by atoms with van der Waals surface area (Å²) in [6.07, 6.45) is 1.64. The molecular formula is C17H27ClN4O. The molecule has 5 nitrogen and oxygen atoms in total. The highest BCUT2D eigenvalue weighted by molar-refractivity contribution is 6.30. The molecule has 1 amide bonds. The Kier molecular flexibility index (Phi) is 7.15. The van der Waals surface area contributed by atoms with Crippen LogP contribution in [-0.2, 0) is 4.79 Å². The highest BCUT2D eigenvalue weighted by atomic mass is 35.5. The number of nitrogens with one attached hydrogen (secondary N) is 1. The van der Waals surface area contributed by atoms with E-state index >= 15 is 0 Å². The third-order valence-corrected chi connectivity index (χ3v) is 4.51. The monoisotopic (exact) mass is 338 g/mol. The van der Waals surface area contributed by atoms with Gasteiger partial charge in [0.2, 0.25) is 5.91 Å². The lowest BCUT2D eigenvalue weighted by molar-refractivity contribution is -0.122. The molecule has 23 heavy (non-hydrogen) atoms.